The lowest BCUT2D eigenvalue weighted by Gasteiger charge is -2.10. The van der Waals surface area contributed by atoms with E-state index in [4.69, 9.17) is 0 Å². The second-order valence-corrected chi connectivity index (χ2v) is 9.00. The Morgan fingerprint density at radius 3 is 2.15 bits per heavy atom. The first kappa shape index (κ1) is 18.6. The number of anilines is 2. The summed E-state index contributed by atoms with van der Waals surface area (Å²) in [5.41, 5.74) is 1.98. The fourth-order valence-corrected chi connectivity index (χ4v) is 4.70. The lowest BCUT2D eigenvalue weighted by atomic mass is 10.2. The third-order valence-electron chi connectivity index (χ3n) is 3.55. The van der Waals surface area contributed by atoms with Crippen molar-refractivity contribution in [3.63, 3.8) is 0 Å². The molecular formula is C18H15BrN2O3S2. The van der Waals surface area contributed by atoms with Crippen molar-refractivity contribution in [3.05, 3.63) is 74.9 Å². The van der Waals surface area contributed by atoms with Gasteiger partial charge in [-0.25, -0.2) is 8.42 Å². The predicted molar refractivity (Wildman–Crippen MR) is 108 cm³/mol. The van der Waals surface area contributed by atoms with Gasteiger partial charge in [-0.1, -0.05) is 17.7 Å². The number of hydrogen-bond donors (Lipinski definition) is 2. The monoisotopic (exact) mass is 450 g/mol. The highest BCUT2D eigenvalue weighted by molar-refractivity contribution is 9.10. The average Bonchev–Trinajstić information content (AvgIpc) is 3.03. The topological polar surface area (TPSA) is 75.3 Å². The number of hydrogen-bond acceptors (Lipinski definition) is 4. The number of carbonyl (C=O) groups excluding carboxylic acids is 1. The molecule has 0 aliphatic rings. The van der Waals surface area contributed by atoms with Crippen molar-refractivity contribution in [1.29, 1.82) is 0 Å². The van der Waals surface area contributed by atoms with Crippen LogP contribution < -0.4 is 10.0 Å². The largest absolute Gasteiger partial charge is 0.321 e. The lowest BCUT2D eigenvalue weighted by molar-refractivity contribution is 0.103. The summed E-state index contributed by atoms with van der Waals surface area (Å²) in [6.07, 6.45) is 0. The van der Waals surface area contributed by atoms with E-state index in [1.807, 2.05) is 18.4 Å². The maximum Gasteiger partial charge on any atom is 0.266 e. The van der Waals surface area contributed by atoms with Gasteiger partial charge in [-0.2, -0.15) is 0 Å². The minimum atomic E-state index is -3.65. The van der Waals surface area contributed by atoms with Gasteiger partial charge in [-0.3, -0.25) is 9.52 Å². The van der Waals surface area contributed by atoms with Crippen LogP contribution in [0.3, 0.4) is 0 Å². The first-order chi connectivity index (χ1) is 12.3. The zero-order chi connectivity index (χ0) is 18.7. The molecule has 0 saturated heterocycles. The van der Waals surface area contributed by atoms with Crippen molar-refractivity contribution in [2.45, 2.75) is 11.8 Å². The molecule has 0 fully saturated rings. The summed E-state index contributed by atoms with van der Waals surface area (Å²) in [4.78, 5) is 13.0. The molecule has 5 nitrogen and oxygen atoms in total. The van der Waals surface area contributed by atoms with E-state index < -0.39 is 10.0 Å². The van der Waals surface area contributed by atoms with Crippen molar-refractivity contribution in [1.82, 2.24) is 0 Å². The van der Waals surface area contributed by atoms with E-state index in [0.29, 0.717) is 16.3 Å². The summed E-state index contributed by atoms with van der Waals surface area (Å²) in [6.45, 7) is 1.89. The molecule has 0 bridgehead atoms. The van der Waals surface area contributed by atoms with Gasteiger partial charge in [0.2, 0.25) is 0 Å². The average molecular weight is 451 g/mol. The van der Waals surface area contributed by atoms with E-state index in [2.05, 4.69) is 26.0 Å². The number of sulfonamides is 1. The fraction of sp³-hybridized carbons (Fsp3) is 0.0556. The molecular weight excluding hydrogens is 436 g/mol. The Morgan fingerprint density at radius 1 is 0.962 bits per heavy atom. The van der Waals surface area contributed by atoms with Gasteiger partial charge < -0.3 is 5.32 Å². The first-order valence-corrected chi connectivity index (χ1v) is 10.7. The molecule has 0 atom stereocenters. The van der Waals surface area contributed by atoms with E-state index in [1.165, 1.54) is 11.3 Å². The second kappa shape index (κ2) is 7.61. The van der Waals surface area contributed by atoms with Crippen LogP contribution in [0.4, 0.5) is 11.4 Å². The predicted octanol–water partition coefficient (Wildman–Crippen LogP) is 4.87. The molecule has 134 valence electrons. The molecule has 8 heteroatoms. The Morgan fingerprint density at radius 2 is 1.58 bits per heavy atom. The Balaban J connectivity index is 1.70. The Labute approximate surface area is 164 Å². The molecule has 1 amide bonds. The molecule has 0 aliphatic carbocycles. The molecule has 0 radical (unpaired) electrons. The fourth-order valence-electron chi connectivity index (χ4n) is 2.20. The molecule has 0 saturated carbocycles. The van der Waals surface area contributed by atoms with Crippen LogP contribution in [0.1, 0.15) is 15.2 Å². The normalized spacial score (nSPS) is 11.2. The smallest absolute Gasteiger partial charge is 0.266 e. The van der Waals surface area contributed by atoms with Crippen molar-refractivity contribution >= 4 is 54.6 Å². The van der Waals surface area contributed by atoms with Crippen LogP contribution in [-0.2, 0) is 10.0 Å². The Hall–Kier alpha value is -2.16. The summed E-state index contributed by atoms with van der Waals surface area (Å²) in [7, 11) is -3.65. The molecule has 3 rings (SSSR count). The summed E-state index contributed by atoms with van der Waals surface area (Å²) in [5.74, 6) is -0.222. The molecule has 1 aromatic heterocycles. The summed E-state index contributed by atoms with van der Waals surface area (Å²) in [5, 5.41) is 4.60. The number of halogens is 1. The van der Waals surface area contributed by atoms with E-state index >= 15 is 0 Å². The third-order valence-corrected chi connectivity index (χ3v) is 6.78. The van der Waals surface area contributed by atoms with Crippen molar-refractivity contribution < 1.29 is 13.2 Å². The number of aryl methyl sites for hydroxylation is 1. The van der Waals surface area contributed by atoms with Crippen LogP contribution >= 0.6 is 27.3 Å². The van der Waals surface area contributed by atoms with Crippen LogP contribution in [0.5, 0.6) is 0 Å². The van der Waals surface area contributed by atoms with E-state index in [0.717, 1.165) is 10.0 Å². The zero-order valence-electron chi connectivity index (χ0n) is 13.7. The lowest BCUT2D eigenvalue weighted by Crippen LogP contribution is -2.13. The van der Waals surface area contributed by atoms with Crippen LogP contribution in [0.15, 0.2) is 69.3 Å². The van der Waals surface area contributed by atoms with Crippen LogP contribution in [0, 0.1) is 6.92 Å². The van der Waals surface area contributed by atoms with Crippen molar-refractivity contribution in [2.75, 3.05) is 10.0 Å². The molecule has 1 heterocycles. The number of carbonyl (C=O) groups is 1. The minimum Gasteiger partial charge on any atom is -0.321 e. The maximum absolute atomic E-state index is 12.4. The Kier molecular flexibility index (Phi) is 5.45. The van der Waals surface area contributed by atoms with Gasteiger partial charge >= 0.3 is 0 Å². The van der Waals surface area contributed by atoms with E-state index in [-0.39, 0.29) is 10.8 Å². The SMILES string of the molecule is Cc1ccc(S(=O)(=O)Nc2ccc(NC(=O)c3sccc3Br)cc2)cc1. The van der Waals surface area contributed by atoms with Crippen molar-refractivity contribution in [2.24, 2.45) is 0 Å². The van der Waals surface area contributed by atoms with E-state index in [1.54, 1.807) is 48.5 Å². The summed E-state index contributed by atoms with van der Waals surface area (Å²) in [6, 6.07) is 14.9. The third kappa shape index (κ3) is 4.32. The number of nitrogens with one attached hydrogen (secondary N) is 2. The van der Waals surface area contributed by atoms with Gasteiger partial charge in [0.1, 0.15) is 4.88 Å². The van der Waals surface area contributed by atoms with Crippen LogP contribution in [-0.4, -0.2) is 14.3 Å². The van der Waals surface area contributed by atoms with E-state index in [9.17, 15) is 13.2 Å². The van der Waals surface area contributed by atoms with Gasteiger partial charge in [-0.05, 0) is 70.7 Å². The van der Waals surface area contributed by atoms with Crippen LogP contribution in [0.2, 0.25) is 0 Å². The standard InChI is InChI=1S/C18H15BrN2O3S2/c1-12-2-8-15(9-3-12)26(23,24)21-14-6-4-13(5-7-14)20-18(22)17-16(19)10-11-25-17/h2-11,21H,1H3,(H,20,22). The Bertz CT molecular complexity index is 1030. The van der Waals surface area contributed by atoms with Gasteiger partial charge in [0.15, 0.2) is 0 Å². The second-order valence-electron chi connectivity index (χ2n) is 5.55. The highest BCUT2D eigenvalue weighted by atomic mass is 79.9. The van der Waals surface area contributed by atoms with Crippen LogP contribution in [0.25, 0.3) is 0 Å². The minimum absolute atomic E-state index is 0.197. The first-order valence-electron chi connectivity index (χ1n) is 7.59. The highest BCUT2D eigenvalue weighted by Crippen LogP contribution is 2.24. The number of thiophene rings is 1. The zero-order valence-corrected chi connectivity index (χ0v) is 16.9. The maximum atomic E-state index is 12.4. The summed E-state index contributed by atoms with van der Waals surface area (Å²) < 4.78 is 28.0. The van der Waals surface area contributed by atoms with Gasteiger partial charge in [-0.15, -0.1) is 11.3 Å². The summed E-state index contributed by atoms with van der Waals surface area (Å²) >= 11 is 4.66. The number of amides is 1. The molecule has 26 heavy (non-hydrogen) atoms. The van der Waals surface area contributed by atoms with Gasteiger partial charge in [0, 0.05) is 15.8 Å². The highest BCUT2D eigenvalue weighted by Gasteiger charge is 2.14. The van der Waals surface area contributed by atoms with Gasteiger partial charge in [0.05, 0.1) is 4.90 Å². The molecule has 2 N–H and O–H groups in total. The van der Waals surface area contributed by atoms with Gasteiger partial charge in [0.25, 0.3) is 15.9 Å². The molecule has 2 aromatic carbocycles. The van der Waals surface area contributed by atoms with Crippen molar-refractivity contribution in [3.8, 4) is 0 Å². The molecule has 3 aromatic rings. The number of benzene rings is 2. The number of rotatable bonds is 5. The molecule has 0 unspecified atom stereocenters. The molecule has 0 spiro atoms. The quantitative estimate of drug-likeness (QED) is 0.581. The molecule has 0 aliphatic heterocycles.